The zero-order chi connectivity index (χ0) is 12.3. The molecule has 0 amide bonds. The fourth-order valence-electron chi connectivity index (χ4n) is 2.40. The van der Waals surface area contributed by atoms with Crippen LogP contribution in [0, 0.1) is 5.92 Å². The average molecular weight is 236 g/mol. The Kier molecular flexibility index (Phi) is 4.18. The molecule has 0 bridgehead atoms. The molecule has 1 atom stereocenters. The molecular weight excluding hydrogens is 212 g/mol. The average Bonchev–Trinajstić information content (AvgIpc) is 2.86. The molecule has 1 aromatic rings. The van der Waals surface area contributed by atoms with E-state index in [-0.39, 0.29) is 0 Å². The molecule has 1 unspecified atom stereocenters. The van der Waals surface area contributed by atoms with Gasteiger partial charge >= 0.3 is 0 Å². The van der Waals surface area contributed by atoms with Gasteiger partial charge in [-0.25, -0.2) is 0 Å². The predicted octanol–water partition coefficient (Wildman–Crippen LogP) is 1.24. The Balaban J connectivity index is 1.74. The number of nitrogens with one attached hydrogen (secondary N) is 1. The van der Waals surface area contributed by atoms with Gasteiger partial charge in [-0.05, 0) is 31.5 Å². The van der Waals surface area contributed by atoms with Crippen LogP contribution in [0.25, 0.3) is 0 Å². The van der Waals surface area contributed by atoms with Gasteiger partial charge in [-0.1, -0.05) is 13.8 Å². The molecule has 0 radical (unpaired) electrons. The molecule has 1 aliphatic rings. The van der Waals surface area contributed by atoms with Gasteiger partial charge in [0.15, 0.2) is 0 Å². The lowest BCUT2D eigenvalue weighted by atomic mass is 10.1. The Morgan fingerprint density at radius 2 is 2.35 bits per heavy atom. The number of aromatic nitrogens is 2. The highest BCUT2D eigenvalue weighted by molar-refractivity contribution is 4.99. The molecule has 0 aromatic carbocycles. The van der Waals surface area contributed by atoms with Crippen LogP contribution in [-0.2, 0) is 13.6 Å². The zero-order valence-electron chi connectivity index (χ0n) is 11.2. The quantitative estimate of drug-likeness (QED) is 0.835. The van der Waals surface area contributed by atoms with Crippen molar-refractivity contribution in [1.29, 1.82) is 0 Å². The molecule has 96 valence electrons. The van der Waals surface area contributed by atoms with Crippen LogP contribution < -0.4 is 5.32 Å². The lowest BCUT2D eigenvalue weighted by molar-refractivity contribution is 0.308. The first-order valence-corrected chi connectivity index (χ1v) is 6.57. The summed E-state index contributed by atoms with van der Waals surface area (Å²) in [4.78, 5) is 2.51. The van der Waals surface area contributed by atoms with Crippen molar-refractivity contribution < 1.29 is 0 Å². The Morgan fingerprint density at radius 1 is 1.53 bits per heavy atom. The van der Waals surface area contributed by atoms with Crippen molar-refractivity contribution in [3.63, 3.8) is 0 Å². The van der Waals surface area contributed by atoms with E-state index in [0.29, 0.717) is 6.04 Å². The summed E-state index contributed by atoms with van der Waals surface area (Å²) in [5.74, 6) is 0.807. The van der Waals surface area contributed by atoms with Gasteiger partial charge in [0.1, 0.15) is 0 Å². The van der Waals surface area contributed by atoms with Gasteiger partial charge in [-0.15, -0.1) is 0 Å². The van der Waals surface area contributed by atoms with Crippen molar-refractivity contribution in [3.8, 4) is 0 Å². The topological polar surface area (TPSA) is 33.1 Å². The maximum Gasteiger partial charge on any atom is 0.0764 e. The molecule has 2 rings (SSSR count). The van der Waals surface area contributed by atoms with Crippen LogP contribution in [0.3, 0.4) is 0 Å². The number of hydrogen-bond acceptors (Lipinski definition) is 3. The van der Waals surface area contributed by atoms with E-state index in [2.05, 4.69) is 35.2 Å². The summed E-state index contributed by atoms with van der Waals surface area (Å²) in [6.07, 6.45) is 3.33. The Labute approximate surface area is 104 Å². The van der Waals surface area contributed by atoms with E-state index in [4.69, 9.17) is 0 Å². The van der Waals surface area contributed by atoms with E-state index in [0.717, 1.165) is 19.0 Å². The van der Waals surface area contributed by atoms with Crippen molar-refractivity contribution >= 4 is 0 Å². The Hall–Kier alpha value is -0.870. The summed E-state index contributed by atoms with van der Waals surface area (Å²) in [7, 11) is 1.98. The van der Waals surface area contributed by atoms with Gasteiger partial charge in [-0.3, -0.25) is 9.58 Å². The molecule has 1 aliphatic heterocycles. The van der Waals surface area contributed by atoms with Crippen molar-refractivity contribution in [2.75, 3.05) is 19.6 Å². The van der Waals surface area contributed by atoms with Crippen LogP contribution in [0.1, 0.15) is 26.0 Å². The lowest BCUT2D eigenvalue weighted by Gasteiger charge is -2.16. The molecule has 0 aliphatic carbocycles. The number of rotatable bonds is 5. The monoisotopic (exact) mass is 236 g/mol. The fraction of sp³-hybridized carbons (Fsp3) is 0.769. The lowest BCUT2D eigenvalue weighted by Crippen LogP contribution is -2.30. The molecule has 1 aromatic heterocycles. The third kappa shape index (κ3) is 3.82. The third-order valence-corrected chi connectivity index (χ3v) is 3.34. The van der Waals surface area contributed by atoms with Crippen molar-refractivity contribution in [2.45, 2.75) is 32.9 Å². The first-order valence-electron chi connectivity index (χ1n) is 6.57. The first kappa shape index (κ1) is 12.6. The largest absolute Gasteiger partial charge is 0.314 e. The maximum absolute atomic E-state index is 4.43. The molecule has 1 N–H and O–H groups in total. The van der Waals surface area contributed by atoms with Gasteiger partial charge in [0.05, 0.1) is 5.69 Å². The highest BCUT2D eigenvalue weighted by atomic mass is 15.3. The van der Waals surface area contributed by atoms with Gasteiger partial charge in [-0.2, -0.15) is 5.10 Å². The van der Waals surface area contributed by atoms with Gasteiger partial charge in [0, 0.05) is 32.4 Å². The van der Waals surface area contributed by atoms with Gasteiger partial charge in [0.2, 0.25) is 0 Å². The molecule has 2 heterocycles. The second-order valence-corrected chi connectivity index (χ2v) is 5.43. The van der Waals surface area contributed by atoms with Crippen LogP contribution in [-0.4, -0.2) is 40.4 Å². The standard InChI is InChI=1S/C13H24N4/c1-11(2)14-8-12-4-7-17(9-12)10-13-5-6-16(3)15-13/h5-6,11-12,14H,4,7-10H2,1-3H3. The van der Waals surface area contributed by atoms with Crippen LogP contribution in [0.2, 0.25) is 0 Å². The van der Waals surface area contributed by atoms with E-state index in [1.165, 1.54) is 25.2 Å². The summed E-state index contributed by atoms with van der Waals surface area (Å²) in [6.45, 7) is 8.98. The van der Waals surface area contributed by atoms with Crippen molar-refractivity contribution in [3.05, 3.63) is 18.0 Å². The minimum atomic E-state index is 0.597. The molecule has 0 saturated carbocycles. The summed E-state index contributed by atoms with van der Waals surface area (Å²) >= 11 is 0. The van der Waals surface area contributed by atoms with E-state index in [1.54, 1.807) is 0 Å². The Bertz CT molecular complexity index is 345. The number of likely N-dealkylation sites (tertiary alicyclic amines) is 1. The van der Waals surface area contributed by atoms with Crippen LogP contribution in [0.5, 0.6) is 0 Å². The van der Waals surface area contributed by atoms with E-state index in [1.807, 2.05) is 17.9 Å². The van der Waals surface area contributed by atoms with E-state index < -0.39 is 0 Å². The summed E-state index contributed by atoms with van der Waals surface area (Å²) in [5.41, 5.74) is 1.19. The van der Waals surface area contributed by atoms with Gasteiger partial charge in [0.25, 0.3) is 0 Å². The normalized spacial score (nSPS) is 21.5. The number of nitrogens with zero attached hydrogens (tertiary/aromatic N) is 3. The highest BCUT2D eigenvalue weighted by Gasteiger charge is 2.22. The minimum Gasteiger partial charge on any atom is -0.314 e. The predicted molar refractivity (Wildman–Crippen MR) is 69.7 cm³/mol. The molecular formula is C13H24N4. The second kappa shape index (κ2) is 5.65. The van der Waals surface area contributed by atoms with Crippen LogP contribution in [0.15, 0.2) is 12.3 Å². The molecule has 4 heteroatoms. The summed E-state index contributed by atoms with van der Waals surface area (Å²) in [5, 5.41) is 7.96. The van der Waals surface area contributed by atoms with E-state index in [9.17, 15) is 0 Å². The fourth-order valence-corrected chi connectivity index (χ4v) is 2.40. The van der Waals surface area contributed by atoms with Crippen molar-refractivity contribution in [1.82, 2.24) is 20.0 Å². The molecule has 0 spiro atoms. The third-order valence-electron chi connectivity index (χ3n) is 3.34. The molecule has 4 nitrogen and oxygen atoms in total. The highest BCUT2D eigenvalue weighted by Crippen LogP contribution is 2.17. The molecule has 17 heavy (non-hydrogen) atoms. The minimum absolute atomic E-state index is 0.597. The SMILES string of the molecule is CC(C)NCC1CCN(Cc2ccn(C)n2)C1. The maximum atomic E-state index is 4.43. The van der Waals surface area contributed by atoms with Crippen LogP contribution >= 0.6 is 0 Å². The summed E-state index contributed by atoms with van der Waals surface area (Å²) < 4.78 is 1.88. The first-order chi connectivity index (χ1) is 8.13. The van der Waals surface area contributed by atoms with E-state index >= 15 is 0 Å². The smallest absolute Gasteiger partial charge is 0.0764 e. The zero-order valence-corrected chi connectivity index (χ0v) is 11.2. The van der Waals surface area contributed by atoms with Crippen LogP contribution in [0.4, 0.5) is 0 Å². The number of aryl methyl sites for hydroxylation is 1. The van der Waals surface area contributed by atoms with Crippen molar-refractivity contribution in [2.24, 2.45) is 13.0 Å². The molecule has 1 fully saturated rings. The second-order valence-electron chi connectivity index (χ2n) is 5.43. The van der Waals surface area contributed by atoms with Gasteiger partial charge < -0.3 is 5.32 Å². The summed E-state index contributed by atoms with van der Waals surface area (Å²) in [6, 6.07) is 2.71. The number of hydrogen-bond donors (Lipinski definition) is 1. The molecule has 1 saturated heterocycles. The Morgan fingerprint density at radius 3 is 3.00 bits per heavy atom.